The second kappa shape index (κ2) is 32.3. The number of nitrogens with zero attached hydrogens (tertiary/aromatic N) is 1. The van der Waals surface area contributed by atoms with Gasteiger partial charge >= 0.3 is 0 Å². The fourth-order valence-electron chi connectivity index (χ4n) is 7.55. The summed E-state index contributed by atoms with van der Waals surface area (Å²) in [6.07, 6.45) is 28.2. The van der Waals surface area contributed by atoms with E-state index in [1.54, 1.807) is 0 Å². The molecule has 1 saturated heterocycles. The maximum absolute atomic E-state index is 14.1. The third kappa shape index (κ3) is 22.1. The highest BCUT2D eigenvalue weighted by atomic mass is 16.6. The Labute approximate surface area is 329 Å². The molecule has 1 aliphatic heterocycles. The highest BCUT2D eigenvalue weighted by molar-refractivity contribution is 5.88. The number of carbonyl (C=O) groups excluding carboxylic acids is 3. The predicted octanol–water partition coefficient (Wildman–Crippen LogP) is 7.51. The summed E-state index contributed by atoms with van der Waals surface area (Å²) < 4.78 is 6.20. The molecular formula is C43H84N4O7. The molecule has 3 amide bonds. The zero-order valence-corrected chi connectivity index (χ0v) is 34.9. The van der Waals surface area contributed by atoms with E-state index < -0.39 is 48.6 Å². The maximum Gasteiger partial charge on any atom is 0.245 e. The molecule has 0 aromatic rings. The number of unbranched alkanes of at least 4 members (excludes halogenated alkanes) is 25. The molecule has 1 rings (SSSR count). The van der Waals surface area contributed by atoms with Crippen LogP contribution >= 0.6 is 0 Å². The average Bonchev–Trinajstić information content (AvgIpc) is 3.16. The zero-order chi connectivity index (χ0) is 39.9. The van der Waals surface area contributed by atoms with Gasteiger partial charge in [0.1, 0.15) is 18.2 Å². The van der Waals surface area contributed by atoms with Crippen LogP contribution in [0.4, 0.5) is 0 Å². The quantitative estimate of drug-likeness (QED) is 0.0284. The van der Waals surface area contributed by atoms with Gasteiger partial charge in [0, 0.05) is 19.4 Å². The van der Waals surface area contributed by atoms with Crippen molar-refractivity contribution in [2.75, 3.05) is 19.7 Å². The molecule has 54 heavy (non-hydrogen) atoms. The van der Waals surface area contributed by atoms with Gasteiger partial charge in [-0.2, -0.15) is 0 Å². The summed E-state index contributed by atoms with van der Waals surface area (Å²) >= 11 is 0. The number of nitrogens with two attached hydrogens (primary N) is 1. The first-order valence-corrected chi connectivity index (χ1v) is 22.4. The number of aliphatic hydroxyl groups is 3. The van der Waals surface area contributed by atoms with Gasteiger partial charge in [-0.25, -0.2) is 0 Å². The van der Waals surface area contributed by atoms with E-state index in [1.165, 1.54) is 134 Å². The summed E-state index contributed by atoms with van der Waals surface area (Å²) in [4.78, 5) is 41.0. The van der Waals surface area contributed by atoms with Crippen molar-refractivity contribution >= 4 is 17.7 Å². The molecule has 7 N–H and O–H groups in total. The van der Waals surface area contributed by atoms with Gasteiger partial charge in [-0.05, 0) is 19.8 Å². The summed E-state index contributed by atoms with van der Waals surface area (Å²) in [5.41, 5.74) is 5.44. The van der Waals surface area contributed by atoms with Crippen LogP contribution in [0.15, 0.2) is 0 Å². The molecule has 0 aromatic heterocycles. The minimum Gasteiger partial charge on any atom is -0.394 e. The van der Waals surface area contributed by atoms with E-state index in [-0.39, 0.29) is 31.8 Å². The molecule has 0 aromatic carbocycles. The number of aliphatic hydroxyl groups excluding tert-OH is 3. The molecule has 11 nitrogen and oxygen atoms in total. The lowest BCUT2D eigenvalue weighted by Gasteiger charge is -2.51. The predicted molar refractivity (Wildman–Crippen MR) is 218 cm³/mol. The van der Waals surface area contributed by atoms with Crippen molar-refractivity contribution in [1.29, 1.82) is 0 Å². The highest BCUT2D eigenvalue weighted by Gasteiger charge is 2.52. The SMILES string of the molecule is CCCCCCCCCCCCCCCCCC(=O)N(CCCCCCCCCCCCCC)[C@@]1(NC(=O)[C@H](C)NC(=O)CN)C[C@@H](O)[C@H](O)[C@@H](CO)O1. The molecule has 0 spiro atoms. The van der Waals surface area contributed by atoms with Crippen LogP contribution in [-0.2, 0) is 19.1 Å². The number of hydrogen-bond acceptors (Lipinski definition) is 8. The third-order valence-electron chi connectivity index (χ3n) is 11.0. The number of hydrogen-bond donors (Lipinski definition) is 6. The fourth-order valence-corrected chi connectivity index (χ4v) is 7.55. The molecule has 5 atom stereocenters. The van der Waals surface area contributed by atoms with Crippen molar-refractivity contribution in [3.8, 4) is 0 Å². The summed E-state index contributed by atoms with van der Waals surface area (Å²) in [5, 5.41) is 37.0. The van der Waals surface area contributed by atoms with Gasteiger partial charge in [-0.3, -0.25) is 19.3 Å². The van der Waals surface area contributed by atoms with Crippen molar-refractivity contribution in [2.45, 2.75) is 237 Å². The first kappa shape index (κ1) is 50.2. The van der Waals surface area contributed by atoms with Gasteiger partial charge in [0.15, 0.2) is 0 Å². The van der Waals surface area contributed by atoms with Crippen LogP contribution in [0.1, 0.15) is 207 Å². The Balaban J connectivity index is 2.80. The van der Waals surface area contributed by atoms with Crippen molar-refractivity contribution in [1.82, 2.24) is 15.5 Å². The molecule has 0 unspecified atom stereocenters. The van der Waals surface area contributed by atoms with Gasteiger partial charge in [-0.15, -0.1) is 0 Å². The molecule has 1 aliphatic rings. The van der Waals surface area contributed by atoms with E-state index in [2.05, 4.69) is 24.5 Å². The van der Waals surface area contributed by atoms with E-state index >= 15 is 0 Å². The number of carbonyl (C=O) groups is 3. The topological polar surface area (TPSA) is 174 Å². The standard InChI is InChI=1S/C43H84N4O7/c1-4-6-8-10-12-14-16-18-19-20-21-23-25-27-29-31-40(51)47(32-30-28-26-24-22-17-15-13-11-9-7-5-2)43(33-37(49)41(52)38(35-48)54-43)46-42(53)36(3)45-39(50)34-44/h36-38,41,48-49,52H,4-35,44H2,1-3H3,(H,45,50)(H,46,53)/t36-,37+,38+,41-,43-/m0/s1. The Morgan fingerprint density at radius 1 is 0.704 bits per heavy atom. The van der Waals surface area contributed by atoms with Gasteiger partial charge in [0.05, 0.1) is 19.3 Å². The van der Waals surface area contributed by atoms with Gasteiger partial charge < -0.3 is 36.4 Å². The molecule has 1 heterocycles. The second-order valence-electron chi connectivity index (χ2n) is 16.0. The minimum absolute atomic E-state index is 0.216. The lowest BCUT2D eigenvalue weighted by atomic mass is 9.96. The fraction of sp³-hybridized carbons (Fsp3) is 0.930. The average molecular weight is 769 g/mol. The highest BCUT2D eigenvalue weighted by Crippen LogP contribution is 2.32. The minimum atomic E-state index is -1.81. The van der Waals surface area contributed by atoms with Crippen LogP contribution in [0.2, 0.25) is 0 Å². The van der Waals surface area contributed by atoms with Gasteiger partial charge in [0.25, 0.3) is 0 Å². The molecule has 1 fully saturated rings. The summed E-state index contributed by atoms with van der Waals surface area (Å²) in [5.74, 6) is -3.17. The normalized spacial score (nSPS) is 20.5. The van der Waals surface area contributed by atoms with Gasteiger partial charge in [-0.1, -0.05) is 174 Å². The molecule has 0 bridgehead atoms. The van der Waals surface area contributed by atoms with E-state index in [9.17, 15) is 29.7 Å². The zero-order valence-electron chi connectivity index (χ0n) is 34.9. The van der Waals surface area contributed by atoms with Gasteiger partial charge in [0.2, 0.25) is 23.6 Å². The Kier molecular flexibility index (Phi) is 30.1. The van der Waals surface area contributed by atoms with Crippen LogP contribution < -0.4 is 16.4 Å². The molecule has 0 aliphatic carbocycles. The van der Waals surface area contributed by atoms with Crippen LogP contribution in [0.5, 0.6) is 0 Å². The van der Waals surface area contributed by atoms with E-state index in [4.69, 9.17) is 10.5 Å². The molecule has 318 valence electrons. The van der Waals surface area contributed by atoms with Crippen LogP contribution in [0.3, 0.4) is 0 Å². The van der Waals surface area contributed by atoms with Crippen molar-refractivity contribution in [3.63, 3.8) is 0 Å². The van der Waals surface area contributed by atoms with Crippen LogP contribution in [0.25, 0.3) is 0 Å². The largest absolute Gasteiger partial charge is 0.394 e. The lowest BCUT2D eigenvalue weighted by molar-refractivity contribution is -0.280. The molecule has 0 radical (unpaired) electrons. The molecule has 11 heteroatoms. The first-order chi connectivity index (χ1) is 26.1. The number of nitrogens with one attached hydrogen (secondary N) is 2. The Bertz CT molecular complexity index is 957. The maximum atomic E-state index is 14.1. The summed E-state index contributed by atoms with van der Waals surface area (Å²) in [6, 6.07) is -1.00. The van der Waals surface area contributed by atoms with Crippen LogP contribution in [-0.4, -0.2) is 87.8 Å². The van der Waals surface area contributed by atoms with E-state index in [0.717, 1.165) is 38.5 Å². The monoisotopic (exact) mass is 769 g/mol. The van der Waals surface area contributed by atoms with Crippen molar-refractivity contribution in [2.24, 2.45) is 5.73 Å². The second-order valence-corrected chi connectivity index (χ2v) is 16.0. The third-order valence-corrected chi connectivity index (χ3v) is 11.0. The summed E-state index contributed by atoms with van der Waals surface area (Å²) in [7, 11) is 0. The Morgan fingerprint density at radius 2 is 1.11 bits per heavy atom. The summed E-state index contributed by atoms with van der Waals surface area (Å²) in [6.45, 7) is 5.36. The van der Waals surface area contributed by atoms with E-state index in [1.807, 2.05) is 0 Å². The number of amides is 3. The van der Waals surface area contributed by atoms with E-state index in [0.29, 0.717) is 12.8 Å². The van der Waals surface area contributed by atoms with Crippen molar-refractivity contribution < 1.29 is 34.4 Å². The smallest absolute Gasteiger partial charge is 0.245 e. The Hall–Kier alpha value is -1.79. The lowest BCUT2D eigenvalue weighted by Crippen LogP contribution is -2.72. The first-order valence-electron chi connectivity index (χ1n) is 22.4. The van der Waals surface area contributed by atoms with Crippen molar-refractivity contribution in [3.05, 3.63) is 0 Å². The molecular weight excluding hydrogens is 684 g/mol. The Morgan fingerprint density at radius 3 is 1.52 bits per heavy atom. The van der Waals surface area contributed by atoms with Crippen LogP contribution in [0, 0.1) is 0 Å². The number of rotatable bonds is 35. The number of ether oxygens (including phenoxy) is 1. The molecule has 0 saturated carbocycles.